The monoisotopic (exact) mass is 1400 g/mol. The average molecular weight is 1400 g/mol. The number of H-pyrrole nitrogens is 1. The van der Waals surface area contributed by atoms with Gasteiger partial charge in [-0.3, -0.25) is 47.9 Å². The van der Waals surface area contributed by atoms with E-state index in [0.29, 0.717) is 28.5 Å². The van der Waals surface area contributed by atoms with Gasteiger partial charge in [0.1, 0.15) is 29.7 Å². The van der Waals surface area contributed by atoms with Crippen LogP contribution < -0.4 is 32.7 Å². The Morgan fingerprint density at radius 1 is 0.630 bits per heavy atom. The number of benzene rings is 5. The number of carbonyl (C=O) groups is 10. The van der Waals surface area contributed by atoms with E-state index in [1.807, 2.05) is 24.3 Å². The van der Waals surface area contributed by atoms with Crippen LogP contribution in [0.4, 0.5) is 0 Å². The van der Waals surface area contributed by atoms with Crippen molar-refractivity contribution < 1.29 is 86.3 Å². The Labute approximate surface area is 574 Å². The minimum absolute atomic E-state index is 0.0376. The van der Waals surface area contributed by atoms with E-state index in [2.05, 4.69) is 15.6 Å². The summed E-state index contributed by atoms with van der Waals surface area (Å²) in [7, 11) is -4.12. The number of unbranched alkanes of at least 4 members (excludes halogenated alkanes) is 1. The van der Waals surface area contributed by atoms with Crippen molar-refractivity contribution in [2.24, 2.45) is 22.5 Å². The second kappa shape index (κ2) is 35.7. The van der Waals surface area contributed by atoms with Gasteiger partial charge in [0, 0.05) is 90.6 Å². The van der Waals surface area contributed by atoms with Gasteiger partial charge in [-0.2, -0.15) is 0 Å². The Bertz CT molecular complexity index is 4280. The van der Waals surface area contributed by atoms with Crippen molar-refractivity contribution in [2.45, 2.75) is 50.5 Å². The molecule has 14 N–H and O–H groups in total. The summed E-state index contributed by atoms with van der Waals surface area (Å²) in [5.74, 6) is -9.51. The molecule has 2 heterocycles. The number of para-hydroxylation sites is 1. The van der Waals surface area contributed by atoms with E-state index in [0.717, 1.165) is 42.1 Å². The fraction of sp³-hybridized carbons (Fsp3) is 0.368. The van der Waals surface area contributed by atoms with Gasteiger partial charge in [-0.25, -0.2) is 18.4 Å². The van der Waals surface area contributed by atoms with Gasteiger partial charge in [-0.1, -0.05) is 50.2 Å². The molecule has 2 aliphatic rings. The molecule has 0 unspecified atom stereocenters. The smallest absolute Gasteiger partial charge is 0.336 e. The number of aromatic amines is 1. The highest BCUT2D eigenvalue weighted by molar-refractivity contribution is 7.89. The van der Waals surface area contributed by atoms with Crippen molar-refractivity contribution in [3.05, 3.63) is 142 Å². The van der Waals surface area contributed by atoms with Gasteiger partial charge in [0.05, 0.1) is 69.5 Å². The fourth-order valence-electron chi connectivity index (χ4n) is 11.1. The zero-order valence-corrected chi connectivity index (χ0v) is 56.0. The lowest BCUT2D eigenvalue weighted by molar-refractivity contribution is -0.148. The maximum absolute atomic E-state index is 15.1. The van der Waals surface area contributed by atoms with E-state index in [4.69, 9.17) is 21.0 Å². The van der Waals surface area contributed by atoms with Gasteiger partial charge in [-0.15, -0.1) is 0 Å². The van der Waals surface area contributed by atoms with Gasteiger partial charge in [0.2, 0.25) is 57.3 Å². The summed E-state index contributed by atoms with van der Waals surface area (Å²) in [4.78, 5) is 160. The van der Waals surface area contributed by atoms with Gasteiger partial charge >= 0.3 is 5.97 Å². The standard InChI is InChI=1S/C68H82N12O19S/c1-42(2)34-80(35-59(87)73-33-58(86)74-55(41-83)66(70)93)64(92)39-78(26-28-82)61(89)36-75(23-19-43-9-14-48(15-10-43)100(71,97)98)60(88)38-77(25-27-81)62(90)37-76(24-20-45-32-72-54-8-4-3-7-49(45)54)63(91)40-79(22-6-5-21-69)67(94)44-11-16-50(53(29-44)68(95)96)65-51-17-12-46(84)30-56(51)99-57-31-47(85)13-18-52(57)65/h3-4,7-18,29-32,42,55,72,81-84H,5-6,19-28,33-41,69H2,1-2H3,(H2,70,93)(H,73,87)(H,74,86)(H,95,96)(H2,71,97,98)/t55-/m0/s1. The van der Waals surface area contributed by atoms with Crippen LogP contribution >= 0.6 is 0 Å². The molecule has 4 aromatic carbocycles. The van der Waals surface area contributed by atoms with Crippen LogP contribution in [-0.4, -0.2) is 245 Å². The fourth-order valence-corrected chi connectivity index (χ4v) is 11.6. The predicted molar refractivity (Wildman–Crippen MR) is 364 cm³/mol. The second-order valence-corrected chi connectivity index (χ2v) is 25.6. The number of nitrogens with zero attached hydrogens (tertiary/aromatic N) is 6. The maximum Gasteiger partial charge on any atom is 0.336 e. The van der Waals surface area contributed by atoms with Crippen LogP contribution in [0.25, 0.3) is 44.3 Å². The molecule has 31 nitrogen and oxygen atoms in total. The minimum atomic E-state index is -4.12. The number of carbonyl (C=O) groups excluding carboxylic acids is 9. The highest BCUT2D eigenvalue weighted by Crippen LogP contribution is 2.42. The van der Waals surface area contributed by atoms with Gasteiger partial charge in [0.25, 0.3) is 5.91 Å². The third-order valence-electron chi connectivity index (χ3n) is 16.2. The molecular formula is C68H82N12O19S. The average Bonchev–Trinajstić information content (AvgIpc) is 0.884. The quantitative estimate of drug-likeness (QED) is 0.0175. The first-order valence-corrected chi connectivity index (χ1v) is 33.5. The van der Waals surface area contributed by atoms with Crippen molar-refractivity contribution in [2.75, 3.05) is 111 Å². The summed E-state index contributed by atoms with van der Waals surface area (Å²) < 4.78 is 30.2. The lowest BCUT2D eigenvalue weighted by Crippen LogP contribution is -2.53. The minimum Gasteiger partial charge on any atom is -0.508 e. The number of phenols is 1. The zero-order chi connectivity index (χ0) is 73.0. The lowest BCUT2D eigenvalue weighted by atomic mass is 9.89. The molecule has 1 aliphatic heterocycles. The molecule has 7 rings (SSSR count). The van der Waals surface area contributed by atoms with Gasteiger partial charge < -0.3 is 86.4 Å². The number of carboxylic acids is 1. The topological polar surface area (TPSA) is 474 Å². The van der Waals surface area contributed by atoms with Crippen molar-refractivity contribution in [1.82, 2.24) is 45.0 Å². The molecule has 32 heteroatoms. The van der Waals surface area contributed by atoms with Gasteiger partial charge in [-0.05, 0) is 109 Å². The van der Waals surface area contributed by atoms with Crippen LogP contribution in [-0.2, 0) is 61.2 Å². The molecule has 0 fully saturated rings. The lowest BCUT2D eigenvalue weighted by Gasteiger charge is -2.32. The summed E-state index contributed by atoms with van der Waals surface area (Å²) in [6.07, 6.45) is 2.52. The molecule has 0 radical (unpaired) electrons. The number of aromatic nitrogens is 1. The van der Waals surface area contributed by atoms with Crippen LogP contribution in [0.3, 0.4) is 0 Å². The Morgan fingerprint density at radius 2 is 1.22 bits per heavy atom. The number of fused-ring (bicyclic) bond motifs is 3. The number of aromatic carboxylic acids is 1. The van der Waals surface area contributed by atoms with Crippen molar-refractivity contribution in [3.8, 4) is 28.2 Å². The van der Waals surface area contributed by atoms with E-state index in [1.54, 1.807) is 20.0 Å². The van der Waals surface area contributed by atoms with Crippen molar-refractivity contribution in [1.29, 1.82) is 0 Å². The first-order chi connectivity index (χ1) is 47.6. The number of aromatic hydroxyl groups is 1. The molecule has 100 heavy (non-hydrogen) atoms. The van der Waals surface area contributed by atoms with Crippen molar-refractivity contribution >= 4 is 91.0 Å². The number of carboxylic acid groups (broad SMARTS) is 1. The summed E-state index contributed by atoms with van der Waals surface area (Å²) >= 11 is 0. The number of primary amides is 1. The molecule has 1 atom stereocenters. The van der Waals surface area contributed by atoms with Crippen molar-refractivity contribution in [3.63, 3.8) is 0 Å². The second-order valence-electron chi connectivity index (χ2n) is 24.0. The summed E-state index contributed by atoms with van der Waals surface area (Å²) in [5, 5.41) is 62.1. The van der Waals surface area contributed by atoms with E-state index in [1.165, 1.54) is 82.6 Å². The van der Waals surface area contributed by atoms with Crippen LogP contribution in [0, 0.1) is 5.92 Å². The Hall–Kier alpha value is -10.6. The highest BCUT2D eigenvalue weighted by Gasteiger charge is 2.32. The van der Waals surface area contributed by atoms with Gasteiger partial charge in [0.15, 0.2) is 5.43 Å². The first kappa shape index (κ1) is 76.7. The number of phenolic OH excluding ortho intramolecular Hbond substituents is 1. The molecule has 0 spiro atoms. The Kier molecular flexibility index (Phi) is 27.4. The molecule has 9 amide bonds. The number of rotatable bonds is 37. The highest BCUT2D eigenvalue weighted by atomic mass is 32.2. The van der Waals surface area contributed by atoms with E-state index < -0.39 is 159 Å². The number of primary sulfonamides is 1. The zero-order valence-electron chi connectivity index (χ0n) is 55.2. The van der Waals surface area contributed by atoms with E-state index >= 15 is 4.79 Å². The molecule has 0 saturated heterocycles. The molecule has 1 aliphatic carbocycles. The van der Waals surface area contributed by atoms with Crippen LogP contribution in [0.1, 0.15) is 58.5 Å². The summed E-state index contributed by atoms with van der Waals surface area (Å²) in [6, 6.07) is 23.3. The molecule has 534 valence electrons. The number of nitrogens with one attached hydrogen (secondary N) is 3. The van der Waals surface area contributed by atoms with Crippen LogP contribution in [0.15, 0.2) is 123 Å². The number of aliphatic hydroxyl groups is 3. The summed E-state index contributed by atoms with van der Waals surface area (Å²) in [6.45, 7) is -5.10. The number of nitrogens with two attached hydrogens (primary N) is 3. The summed E-state index contributed by atoms with van der Waals surface area (Å²) in [5.41, 5.74) is 13.1. The molecule has 5 aromatic rings. The third kappa shape index (κ3) is 20.9. The maximum atomic E-state index is 15.1. The number of hydrogen-bond donors (Lipinski definition) is 11. The normalized spacial score (nSPS) is 11.7. The molecule has 0 saturated carbocycles. The van der Waals surface area contributed by atoms with Crippen LogP contribution in [0.5, 0.6) is 5.75 Å². The number of amides is 9. The predicted octanol–water partition coefficient (Wildman–Crippen LogP) is -0.374. The number of sulfonamides is 1. The third-order valence-corrected chi connectivity index (χ3v) is 17.2. The molecular weight excluding hydrogens is 1320 g/mol. The Balaban J connectivity index is 1.16. The van der Waals surface area contributed by atoms with Crippen LogP contribution in [0.2, 0.25) is 0 Å². The molecule has 1 aromatic heterocycles. The first-order valence-electron chi connectivity index (χ1n) is 31.9. The SMILES string of the molecule is CC(C)CN(CC(=O)NCC(=O)N[C@@H](CO)C(N)=O)C(=O)CN(CCO)C(=O)CN(CCc1ccc(S(N)(=O)=O)cc1)C(=O)CN(CCO)C(=O)CN(CCc1c[nH]c2ccccc12)C(=O)CN(CCCCN)C(=O)c1ccc(-c2c3ccc(=O)cc-3oc3cc(O)ccc23)c(C(=O)O)c1. The number of hydrogen-bond acceptors (Lipinski definition) is 19. The van der Waals surface area contributed by atoms with E-state index in [9.17, 15) is 81.9 Å². The Morgan fingerprint density at radius 3 is 1.80 bits per heavy atom. The molecule has 0 bridgehead atoms. The number of aliphatic hydroxyl groups excluding tert-OH is 3. The van der Waals surface area contributed by atoms with E-state index in [-0.39, 0.29) is 96.6 Å². The largest absolute Gasteiger partial charge is 0.508 e.